The van der Waals surface area contributed by atoms with Crippen molar-refractivity contribution in [2.24, 2.45) is 5.41 Å². The van der Waals surface area contributed by atoms with Crippen molar-refractivity contribution in [2.75, 3.05) is 30.4 Å². The standard InChI is InChI=1S/C14H25N5OS2/c1-4-18(5-2)11(20)9-21-12-16-17-13(19(12)15)22-10-14(3)7-6-8-14/h4-10,15H2,1-3H3. The van der Waals surface area contributed by atoms with E-state index >= 15 is 0 Å². The molecule has 1 amide bonds. The molecule has 0 saturated heterocycles. The number of nitrogen functional groups attached to an aromatic ring is 1. The first-order valence-electron chi connectivity index (χ1n) is 7.73. The van der Waals surface area contributed by atoms with Crippen molar-refractivity contribution in [1.29, 1.82) is 0 Å². The van der Waals surface area contributed by atoms with Gasteiger partial charge < -0.3 is 10.7 Å². The molecule has 1 aliphatic rings. The molecule has 1 saturated carbocycles. The van der Waals surface area contributed by atoms with Crippen LogP contribution in [0.3, 0.4) is 0 Å². The van der Waals surface area contributed by atoms with E-state index in [0.29, 0.717) is 16.3 Å². The van der Waals surface area contributed by atoms with Gasteiger partial charge in [0.1, 0.15) is 0 Å². The monoisotopic (exact) mass is 343 g/mol. The van der Waals surface area contributed by atoms with Crippen LogP contribution in [0.4, 0.5) is 0 Å². The van der Waals surface area contributed by atoms with E-state index in [4.69, 9.17) is 5.84 Å². The Morgan fingerprint density at radius 2 is 1.86 bits per heavy atom. The average molecular weight is 344 g/mol. The van der Waals surface area contributed by atoms with Gasteiger partial charge in [-0.3, -0.25) is 4.79 Å². The summed E-state index contributed by atoms with van der Waals surface area (Å²) in [6.45, 7) is 7.72. The fraction of sp³-hybridized carbons (Fsp3) is 0.786. The van der Waals surface area contributed by atoms with Crippen molar-refractivity contribution in [3.63, 3.8) is 0 Å². The zero-order valence-corrected chi connectivity index (χ0v) is 15.2. The Hall–Kier alpha value is -0.890. The summed E-state index contributed by atoms with van der Waals surface area (Å²) >= 11 is 3.00. The smallest absolute Gasteiger partial charge is 0.233 e. The van der Waals surface area contributed by atoms with E-state index in [2.05, 4.69) is 17.1 Å². The van der Waals surface area contributed by atoms with Crippen LogP contribution in [0.1, 0.15) is 40.0 Å². The van der Waals surface area contributed by atoms with Crippen molar-refractivity contribution in [2.45, 2.75) is 50.3 Å². The topological polar surface area (TPSA) is 77.0 Å². The quantitative estimate of drug-likeness (QED) is 0.576. The zero-order valence-electron chi connectivity index (χ0n) is 13.5. The molecule has 0 atom stereocenters. The molecule has 1 heterocycles. The summed E-state index contributed by atoms with van der Waals surface area (Å²) in [6.07, 6.45) is 3.87. The molecule has 0 unspecified atom stereocenters. The third-order valence-corrected chi connectivity index (χ3v) is 6.49. The van der Waals surface area contributed by atoms with Crippen molar-refractivity contribution in [3.05, 3.63) is 0 Å². The Morgan fingerprint density at radius 3 is 2.36 bits per heavy atom. The van der Waals surface area contributed by atoms with Gasteiger partial charge in [0.25, 0.3) is 0 Å². The molecule has 0 aromatic carbocycles. The number of nitrogens with two attached hydrogens (primary N) is 1. The number of hydrogen-bond donors (Lipinski definition) is 1. The average Bonchev–Trinajstić information content (AvgIpc) is 2.83. The van der Waals surface area contributed by atoms with Crippen LogP contribution in [0.15, 0.2) is 10.3 Å². The molecule has 1 aromatic rings. The first kappa shape index (κ1) is 17.5. The lowest BCUT2D eigenvalue weighted by Gasteiger charge is -2.37. The van der Waals surface area contributed by atoms with Crippen LogP contribution in [-0.2, 0) is 4.79 Å². The second-order valence-electron chi connectivity index (χ2n) is 5.94. The maximum atomic E-state index is 12.0. The van der Waals surface area contributed by atoms with E-state index in [-0.39, 0.29) is 5.91 Å². The normalized spacial score (nSPS) is 16.3. The highest BCUT2D eigenvalue weighted by Gasteiger charge is 2.32. The molecule has 8 heteroatoms. The number of nitrogens with zero attached hydrogens (tertiary/aromatic N) is 4. The third-order valence-electron chi connectivity index (χ3n) is 4.18. The summed E-state index contributed by atoms with van der Waals surface area (Å²) in [7, 11) is 0. The molecule has 0 spiro atoms. The predicted octanol–water partition coefficient (Wildman–Crippen LogP) is 2.23. The van der Waals surface area contributed by atoms with Crippen molar-refractivity contribution < 1.29 is 4.79 Å². The number of aromatic nitrogens is 3. The van der Waals surface area contributed by atoms with Gasteiger partial charge in [0.05, 0.1) is 5.75 Å². The maximum absolute atomic E-state index is 12.0. The highest BCUT2D eigenvalue weighted by molar-refractivity contribution is 8.00. The van der Waals surface area contributed by atoms with Crippen molar-refractivity contribution >= 4 is 29.4 Å². The molecule has 0 aliphatic heterocycles. The van der Waals surface area contributed by atoms with Crippen LogP contribution in [0.5, 0.6) is 0 Å². The molecule has 2 rings (SSSR count). The van der Waals surface area contributed by atoms with Crippen LogP contribution in [0.25, 0.3) is 0 Å². The molecule has 2 N–H and O–H groups in total. The molecule has 1 aromatic heterocycles. The number of amides is 1. The zero-order chi connectivity index (χ0) is 16.2. The Labute approximate surface area is 140 Å². The van der Waals surface area contributed by atoms with E-state index in [1.165, 1.54) is 35.7 Å². The number of thioether (sulfide) groups is 2. The minimum atomic E-state index is 0.106. The van der Waals surface area contributed by atoms with E-state index in [1.54, 1.807) is 16.7 Å². The number of rotatable bonds is 8. The van der Waals surface area contributed by atoms with Crippen LogP contribution < -0.4 is 5.84 Å². The SMILES string of the molecule is CCN(CC)C(=O)CSc1nnc(SCC2(C)CCC2)n1N. The van der Waals surface area contributed by atoms with Gasteiger partial charge in [-0.2, -0.15) is 0 Å². The second-order valence-corrected chi connectivity index (χ2v) is 7.83. The fourth-order valence-corrected chi connectivity index (χ4v) is 4.33. The van der Waals surface area contributed by atoms with Gasteiger partial charge >= 0.3 is 0 Å². The lowest BCUT2D eigenvalue weighted by Crippen LogP contribution is -2.32. The molecule has 1 aliphatic carbocycles. The summed E-state index contributed by atoms with van der Waals surface area (Å²) in [4.78, 5) is 13.8. The molecule has 22 heavy (non-hydrogen) atoms. The van der Waals surface area contributed by atoms with Gasteiger partial charge in [0.15, 0.2) is 0 Å². The molecule has 1 fully saturated rings. The summed E-state index contributed by atoms with van der Waals surface area (Å²) < 4.78 is 1.51. The van der Waals surface area contributed by atoms with Gasteiger partial charge in [0.2, 0.25) is 16.2 Å². The van der Waals surface area contributed by atoms with Gasteiger partial charge in [-0.1, -0.05) is 36.9 Å². The summed E-state index contributed by atoms with van der Waals surface area (Å²) in [5, 5.41) is 9.57. The first-order chi connectivity index (χ1) is 10.5. The molecular weight excluding hydrogens is 318 g/mol. The Bertz CT molecular complexity index is 511. The van der Waals surface area contributed by atoms with E-state index in [0.717, 1.165) is 24.0 Å². The van der Waals surface area contributed by atoms with Crippen LogP contribution in [0, 0.1) is 5.41 Å². The molecule has 0 bridgehead atoms. The Balaban J connectivity index is 1.86. The third kappa shape index (κ3) is 4.10. The van der Waals surface area contributed by atoms with Gasteiger partial charge in [-0.25, -0.2) is 4.68 Å². The summed E-state index contributed by atoms with van der Waals surface area (Å²) in [6, 6.07) is 0. The number of carbonyl (C=O) groups excluding carboxylic acids is 1. The second kappa shape index (κ2) is 7.59. The van der Waals surface area contributed by atoms with E-state index in [1.807, 2.05) is 13.8 Å². The van der Waals surface area contributed by atoms with Crippen LogP contribution in [0.2, 0.25) is 0 Å². The molecule has 6 nitrogen and oxygen atoms in total. The molecular formula is C14H25N5OS2. The predicted molar refractivity (Wildman–Crippen MR) is 91.5 cm³/mol. The lowest BCUT2D eigenvalue weighted by molar-refractivity contribution is -0.127. The maximum Gasteiger partial charge on any atom is 0.233 e. The van der Waals surface area contributed by atoms with Gasteiger partial charge in [-0.05, 0) is 32.1 Å². The van der Waals surface area contributed by atoms with E-state index in [9.17, 15) is 4.79 Å². The molecule has 124 valence electrons. The largest absolute Gasteiger partial charge is 0.343 e. The minimum Gasteiger partial charge on any atom is -0.343 e. The fourth-order valence-electron chi connectivity index (χ4n) is 2.42. The van der Waals surface area contributed by atoms with Gasteiger partial charge in [0, 0.05) is 18.8 Å². The highest BCUT2D eigenvalue weighted by Crippen LogP contribution is 2.43. The molecule has 0 radical (unpaired) electrons. The Morgan fingerprint density at radius 1 is 1.27 bits per heavy atom. The van der Waals surface area contributed by atoms with Crippen molar-refractivity contribution in [3.8, 4) is 0 Å². The Kier molecular flexibility index (Phi) is 6.02. The summed E-state index contributed by atoms with van der Waals surface area (Å²) in [5.74, 6) is 7.52. The summed E-state index contributed by atoms with van der Waals surface area (Å²) in [5.41, 5.74) is 0.419. The first-order valence-corrected chi connectivity index (χ1v) is 9.70. The minimum absolute atomic E-state index is 0.106. The number of hydrogen-bond acceptors (Lipinski definition) is 6. The van der Waals surface area contributed by atoms with Gasteiger partial charge in [-0.15, -0.1) is 10.2 Å². The number of carbonyl (C=O) groups is 1. The van der Waals surface area contributed by atoms with Crippen LogP contribution >= 0.6 is 23.5 Å². The highest BCUT2D eigenvalue weighted by atomic mass is 32.2. The van der Waals surface area contributed by atoms with Crippen LogP contribution in [-0.4, -0.2) is 50.3 Å². The van der Waals surface area contributed by atoms with E-state index < -0.39 is 0 Å². The van der Waals surface area contributed by atoms with Crippen molar-refractivity contribution in [1.82, 2.24) is 19.8 Å². The lowest BCUT2D eigenvalue weighted by atomic mass is 9.72.